The first-order valence-corrected chi connectivity index (χ1v) is 8.58. The lowest BCUT2D eigenvalue weighted by Crippen LogP contribution is -2.30. The number of furan rings is 1. The molecule has 0 aromatic carbocycles. The first-order chi connectivity index (χ1) is 11.0. The van der Waals surface area contributed by atoms with Gasteiger partial charge in [-0.25, -0.2) is 13.2 Å². The molecule has 1 aliphatic heterocycles. The summed E-state index contributed by atoms with van der Waals surface area (Å²) in [6.07, 6.45) is 4.77. The van der Waals surface area contributed by atoms with Crippen LogP contribution in [0.15, 0.2) is 46.2 Å². The number of carbonyl (C=O) groups is 1. The van der Waals surface area contributed by atoms with E-state index in [2.05, 4.69) is 9.72 Å². The Morgan fingerprint density at radius 1 is 1.30 bits per heavy atom. The topological polar surface area (TPSA) is 89.7 Å². The molecule has 7 nitrogen and oxygen atoms in total. The van der Waals surface area contributed by atoms with Gasteiger partial charge in [-0.2, -0.15) is 4.31 Å². The lowest BCUT2D eigenvalue weighted by molar-refractivity contribution is 0.0558. The van der Waals surface area contributed by atoms with Gasteiger partial charge in [0.1, 0.15) is 0 Å². The fourth-order valence-electron chi connectivity index (χ4n) is 2.73. The van der Waals surface area contributed by atoms with Gasteiger partial charge in [0.15, 0.2) is 0 Å². The fourth-order valence-corrected chi connectivity index (χ4v) is 4.33. The van der Waals surface area contributed by atoms with Crippen molar-refractivity contribution in [1.29, 1.82) is 0 Å². The number of ether oxygens (including phenoxy) is 1. The van der Waals surface area contributed by atoms with Crippen LogP contribution in [-0.2, 0) is 14.8 Å². The van der Waals surface area contributed by atoms with E-state index >= 15 is 0 Å². The highest BCUT2D eigenvalue weighted by Crippen LogP contribution is 2.36. The normalized spacial score (nSPS) is 18.9. The molecule has 0 amide bonds. The van der Waals surface area contributed by atoms with E-state index in [1.165, 1.54) is 23.5 Å². The van der Waals surface area contributed by atoms with Crippen LogP contribution in [0, 0.1) is 0 Å². The zero-order valence-corrected chi connectivity index (χ0v) is 13.3. The van der Waals surface area contributed by atoms with Crippen LogP contribution in [0.1, 0.15) is 35.0 Å². The van der Waals surface area contributed by atoms with E-state index in [0.29, 0.717) is 6.54 Å². The highest BCUT2D eigenvalue weighted by Gasteiger charge is 2.38. The third kappa shape index (κ3) is 2.87. The minimum atomic E-state index is -3.82. The van der Waals surface area contributed by atoms with Crippen molar-refractivity contribution in [3.63, 3.8) is 0 Å². The first kappa shape index (κ1) is 15.7. The molecule has 0 spiro atoms. The predicted octanol–water partition coefficient (Wildman–Crippen LogP) is 1.99. The summed E-state index contributed by atoms with van der Waals surface area (Å²) in [5.74, 6) is -0.843. The number of aromatic nitrogens is 1. The number of rotatable bonds is 4. The van der Waals surface area contributed by atoms with E-state index in [4.69, 9.17) is 4.42 Å². The minimum absolute atomic E-state index is 0.134. The summed E-state index contributed by atoms with van der Waals surface area (Å²) in [6.45, 7) is 0.406. The van der Waals surface area contributed by atoms with Crippen molar-refractivity contribution < 1.29 is 22.4 Å². The van der Waals surface area contributed by atoms with Gasteiger partial charge in [-0.1, -0.05) is 0 Å². The summed E-state index contributed by atoms with van der Waals surface area (Å²) in [4.78, 5) is 15.4. The zero-order chi connectivity index (χ0) is 16.4. The standard InChI is InChI=1S/C15H16N2O5S/c1-21-15(18)13-4-5-14(22-13)23(19,20)17-10-2-3-12(17)11-6-8-16-9-7-11/h4-9,12H,2-3,10H2,1H3/t12-/m0/s1. The molecule has 0 aliphatic carbocycles. The average Bonchev–Trinajstić information content (AvgIpc) is 3.24. The molecule has 2 aromatic heterocycles. The molecule has 0 radical (unpaired) electrons. The number of pyridine rings is 1. The molecule has 8 heteroatoms. The van der Waals surface area contributed by atoms with Crippen molar-refractivity contribution in [2.24, 2.45) is 0 Å². The number of esters is 1. The van der Waals surface area contributed by atoms with Crippen LogP contribution >= 0.6 is 0 Å². The summed E-state index contributed by atoms with van der Waals surface area (Å²) in [6, 6.07) is 5.94. The lowest BCUT2D eigenvalue weighted by atomic mass is 10.1. The third-order valence-corrected chi connectivity index (χ3v) is 5.61. The summed E-state index contributed by atoms with van der Waals surface area (Å²) < 4.78 is 36.7. The van der Waals surface area contributed by atoms with E-state index in [-0.39, 0.29) is 16.9 Å². The van der Waals surface area contributed by atoms with Crippen molar-refractivity contribution >= 4 is 16.0 Å². The number of methoxy groups -OCH3 is 1. The minimum Gasteiger partial charge on any atom is -0.463 e. The largest absolute Gasteiger partial charge is 0.463 e. The van der Waals surface area contributed by atoms with Crippen molar-refractivity contribution in [3.8, 4) is 0 Å². The molecule has 122 valence electrons. The molecule has 2 aromatic rings. The summed E-state index contributed by atoms with van der Waals surface area (Å²) in [7, 11) is -2.61. The van der Waals surface area contributed by atoms with Crippen LogP contribution in [0.4, 0.5) is 0 Å². The molecule has 1 saturated heterocycles. The van der Waals surface area contributed by atoms with Crippen LogP contribution < -0.4 is 0 Å². The van der Waals surface area contributed by atoms with E-state index in [1.54, 1.807) is 24.5 Å². The Hall–Kier alpha value is -2.19. The molecule has 0 saturated carbocycles. The Morgan fingerprint density at radius 3 is 2.74 bits per heavy atom. The Labute approximate surface area is 133 Å². The predicted molar refractivity (Wildman–Crippen MR) is 80.2 cm³/mol. The third-order valence-electron chi connectivity index (χ3n) is 3.83. The molecule has 0 N–H and O–H groups in total. The molecular formula is C15H16N2O5S. The molecule has 1 atom stereocenters. The van der Waals surface area contributed by atoms with Gasteiger partial charge < -0.3 is 9.15 Å². The summed E-state index contributed by atoms with van der Waals surface area (Å²) >= 11 is 0. The Balaban J connectivity index is 1.92. The highest BCUT2D eigenvalue weighted by molar-refractivity contribution is 7.89. The van der Waals surface area contributed by atoms with Gasteiger partial charge in [-0.05, 0) is 42.7 Å². The van der Waals surface area contributed by atoms with E-state index < -0.39 is 16.0 Å². The van der Waals surface area contributed by atoms with E-state index in [1.807, 2.05) is 0 Å². The Kier molecular flexibility index (Phi) is 4.18. The number of nitrogens with zero attached hydrogens (tertiary/aromatic N) is 2. The monoisotopic (exact) mass is 336 g/mol. The second-order valence-corrected chi connectivity index (χ2v) is 6.99. The molecule has 3 heterocycles. The van der Waals surface area contributed by atoms with Crippen molar-refractivity contribution in [2.75, 3.05) is 13.7 Å². The van der Waals surface area contributed by atoms with Crippen molar-refractivity contribution in [2.45, 2.75) is 24.0 Å². The molecule has 1 aliphatic rings. The van der Waals surface area contributed by atoms with Crippen molar-refractivity contribution in [1.82, 2.24) is 9.29 Å². The van der Waals surface area contributed by atoms with Crippen LogP contribution in [0.2, 0.25) is 0 Å². The number of carbonyl (C=O) groups excluding carboxylic acids is 1. The smallest absolute Gasteiger partial charge is 0.374 e. The lowest BCUT2D eigenvalue weighted by Gasteiger charge is -2.23. The van der Waals surface area contributed by atoms with E-state index in [9.17, 15) is 13.2 Å². The van der Waals surface area contributed by atoms with Gasteiger partial charge in [0, 0.05) is 18.9 Å². The first-order valence-electron chi connectivity index (χ1n) is 7.14. The number of sulfonamides is 1. The van der Waals surface area contributed by atoms with Gasteiger partial charge in [0.05, 0.1) is 13.2 Å². The van der Waals surface area contributed by atoms with Crippen molar-refractivity contribution in [3.05, 3.63) is 48.0 Å². The maximum Gasteiger partial charge on any atom is 0.374 e. The SMILES string of the molecule is COC(=O)c1ccc(S(=O)(=O)N2CCC[C@H]2c2ccncc2)o1. The molecule has 0 unspecified atom stereocenters. The number of hydrogen-bond acceptors (Lipinski definition) is 6. The molecule has 23 heavy (non-hydrogen) atoms. The van der Waals surface area contributed by atoms with Gasteiger partial charge in [0.25, 0.3) is 10.0 Å². The molecule has 3 rings (SSSR count). The van der Waals surface area contributed by atoms with Crippen LogP contribution in [0.25, 0.3) is 0 Å². The summed E-state index contributed by atoms with van der Waals surface area (Å²) in [5.41, 5.74) is 0.890. The Bertz CT molecular complexity index is 800. The number of hydrogen-bond donors (Lipinski definition) is 0. The fraction of sp³-hybridized carbons (Fsp3) is 0.333. The maximum absolute atomic E-state index is 12.8. The second-order valence-electron chi connectivity index (χ2n) is 5.16. The molecule has 1 fully saturated rings. The van der Waals surface area contributed by atoms with Gasteiger partial charge >= 0.3 is 5.97 Å². The zero-order valence-electron chi connectivity index (χ0n) is 12.5. The Morgan fingerprint density at radius 2 is 2.04 bits per heavy atom. The van der Waals surface area contributed by atoms with Gasteiger partial charge in [-0.15, -0.1) is 0 Å². The van der Waals surface area contributed by atoms with Crippen LogP contribution in [0.5, 0.6) is 0 Å². The highest BCUT2D eigenvalue weighted by atomic mass is 32.2. The molecule has 0 bridgehead atoms. The average molecular weight is 336 g/mol. The second kappa shape index (κ2) is 6.13. The maximum atomic E-state index is 12.8. The van der Waals surface area contributed by atoms with Gasteiger partial charge in [0.2, 0.25) is 10.9 Å². The van der Waals surface area contributed by atoms with Gasteiger partial charge in [-0.3, -0.25) is 4.98 Å². The van der Waals surface area contributed by atoms with Crippen LogP contribution in [0.3, 0.4) is 0 Å². The van der Waals surface area contributed by atoms with E-state index in [0.717, 1.165) is 18.4 Å². The summed E-state index contributed by atoms with van der Waals surface area (Å²) in [5, 5.41) is -0.251. The van der Waals surface area contributed by atoms with Crippen LogP contribution in [-0.4, -0.2) is 37.3 Å². The molecular weight excluding hydrogens is 320 g/mol. The quantitative estimate of drug-likeness (QED) is 0.793.